The maximum Gasteiger partial charge on any atom is 0.229 e. The monoisotopic (exact) mass is 370 g/mol. The molecule has 0 atom stereocenters. The molecule has 1 aliphatic heterocycles. The van der Waals surface area contributed by atoms with Gasteiger partial charge in [-0.05, 0) is 29.8 Å². The summed E-state index contributed by atoms with van der Waals surface area (Å²) in [4.78, 5) is 36.3. The van der Waals surface area contributed by atoms with E-state index in [9.17, 15) is 18.8 Å². The zero-order chi connectivity index (χ0) is 19.2. The first-order chi connectivity index (χ1) is 13.0. The minimum atomic E-state index is -0.372. The van der Waals surface area contributed by atoms with E-state index in [0.717, 1.165) is 10.5 Å². The molecule has 140 valence electrons. The van der Waals surface area contributed by atoms with Crippen molar-refractivity contribution in [2.24, 2.45) is 0 Å². The summed E-state index contributed by atoms with van der Waals surface area (Å²) in [6.45, 7) is 0.315. The topological polar surface area (TPSA) is 75.7 Å². The molecule has 2 aromatic carbocycles. The number of anilines is 1. The van der Waals surface area contributed by atoms with Gasteiger partial charge in [0.25, 0.3) is 0 Å². The molecule has 0 unspecified atom stereocenters. The van der Waals surface area contributed by atoms with Crippen LogP contribution in [0.5, 0.6) is 5.75 Å². The van der Waals surface area contributed by atoms with E-state index in [1.165, 1.54) is 12.1 Å². The molecule has 0 bridgehead atoms. The van der Waals surface area contributed by atoms with Gasteiger partial charge in [0, 0.05) is 37.6 Å². The lowest BCUT2D eigenvalue weighted by Gasteiger charge is -2.13. The van der Waals surface area contributed by atoms with Crippen LogP contribution in [-0.4, -0.2) is 29.2 Å². The van der Waals surface area contributed by atoms with Crippen LogP contribution in [0.15, 0.2) is 48.5 Å². The smallest absolute Gasteiger partial charge is 0.229 e. The number of carbonyl (C=O) groups is 3. The van der Waals surface area contributed by atoms with Crippen molar-refractivity contribution in [2.75, 3.05) is 11.9 Å². The van der Waals surface area contributed by atoms with Crippen molar-refractivity contribution in [3.05, 3.63) is 59.9 Å². The highest BCUT2D eigenvalue weighted by molar-refractivity contribution is 6.02. The fraction of sp³-hybridized carbons (Fsp3) is 0.250. The number of nitrogens with one attached hydrogen (secondary N) is 1. The highest BCUT2D eigenvalue weighted by atomic mass is 19.1. The standard InChI is InChI=1S/C20H19FN2O4/c21-15-4-2-6-17(12-15)27-13-14-3-1-5-16(11-14)22-18(24)9-10-23-19(25)7-8-20(23)26/h1-6,11-12H,7-10,13H2,(H,22,24). The van der Waals surface area contributed by atoms with E-state index in [2.05, 4.69) is 5.32 Å². The Morgan fingerprint density at radius 2 is 1.81 bits per heavy atom. The number of nitrogens with zero attached hydrogens (tertiary/aromatic N) is 1. The van der Waals surface area contributed by atoms with E-state index in [1.807, 2.05) is 6.07 Å². The Morgan fingerprint density at radius 3 is 2.56 bits per heavy atom. The summed E-state index contributed by atoms with van der Waals surface area (Å²) in [6.07, 6.45) is 0.475. The number of halogens is 1. The summed E-state index contributed by atoms with van der Waals surface area (Å²) < 4.78 is 18.7. The molecule has 3 rings (SSSR count). The van der Waals surface area contributed by atoms with E-state index in [0.29, 0.717) is 11.4 Å². The lowest BCUT2D eigenvalue weighted by Crippen LogP contribution is -2.32. The first-order valence-corrected chi connectivity index (χ1v) is 8.61. The summed E-state index contributed by atoms with van der Waals surface area (Å²) in [6, 6.07) is 13.0. The molecule has 2 aromatic rings. The summed E-state index contributed by atoms with van der Waals surface area (Å²) in [5.41, 5.74) is 1.39. The first kappa shape index (κ1) is 18.6. The molecule has 1 N–H and O–H groups in total. The Balaban J connectivity index is 1.51. The van der Waals surface area contributed by atoms with Crippen LogP contribution in [0.3, 0.4) is 0 Å². The predicted octanol–water partition coefficient (Wildman–Crippen LogP) is 2.88. The Bertz CT molecular complexity index is 853. The van der Waals surface area contributed by atoms with Gasteiger partial charge < -0.3 is 10.1 Å². The van der Waals surface area contributed by atoms with Crippen molar-refractivity contribution < 1.29 is 23.5 Å². The molecule has 1 heterocycles. The molecule has 6 nitrogen and oxygen atoms in total. The molecule has 3 amide bonds. The first-order valence-electron chi connectivity index (χ1n) is 8.61. The molecule has 0 radical (unpaired) electrons. The summed E-state index contributed by atoms with van der Waals surface area (Å²) in [7, 11) is 0. The van der Waals surface area contributed by atoms with Gasteiger partial charge in [0.2, 0.25) is 17.7 Å². The van der Waals surface area contributed by atoms with Crippen molar-refractivity contribution in [1.82, 2.24) is 4.90 Å². The summed E-state index contributed by atoms with van der Waals surface area (Å²) in [5.74, 6) is -0.702. The Morgan fingerprint density at radius 1 is 1.07 bits per heavy atom. The van der Waals surface area contributed by atoms with Gasteiger partial charge in [-0.25, -0.2) is 4.39 Å². The molecule has 7 heteroatoms. The third-order valence-electron chi connectivity index (χ3n) is 4.13. The maximum absolute atomic E-state index is 13.2. The summed E-state index contributed by atoms with van der Waals surface area (Å²) >= 11 is 0. The SMILES string of the molecule is O=C(CCN1C(=O)CCC1=O)Nc1cccc(COc2cccc(F)c2)c1. The van der Waals surface area contributed by atoms with Crippen LogP contribution in [0, 0.1) is 5.82 Å². The van der Waals surface area contributed by atoms with Crippen molar-refractivity contribution in [3.8, 4) is 5.75 Å². The number of likely N-dealkylation sites (tertiary alicyclic amines) is 1. The van der Waals surface area contributed by atoms with Crippen molar-refractivity contribution in [1.29, 1.82) is 0 Å². The second kappa shape index (κ2) is 8.44. The molecule has 0 aliphatic carbocycles. The summed E-state index contributed by atoms with van der Waals surface area (Å²) in [5, 5.41) is 2.74. The molecule has 1 fully saturated rings. The number of benzene rings is 2. The molecule has 0 aromatic heterocycles. The molecule has 1 saturated heterocycles. The van der Waals surface area contributed by atoms with Gasteiger partial charge in [0.05, 0.1) is 0 Å². The van der Waals surface area contributed by atoms with Crippen molar-refractivity contribution >= 4 is 23.4 Å². The van der Waals surface area contributed by atoms with Gasteiger partial charge in [-0.3, -0.25) is 19.3 Å². The third-order valence-corrected chi connectivity index (χ3v) is 4.13. The van der Waals surface area contributed by atoms with Crippen LogP contribution in [0.1, 0.15) is 24.8 Å². The van der Waals surface area contributed by atoms with Gasteiger partial charge in [-0.15, -0.1) is 0 Å². The van der Waals surface area contributed by atoms with Crippen molar-refractivity contribution in [3.63, 3.8) is 0 Å². The maximum atomic E-state index is 13.2. The zero-order valence-corrected chi connectivity index (χ0v) is 14.6. The Labute approximate surface area is 155 Å². The van der Waals surface area contributed by atoms with Gasteiger partial charge in [0.1, 0.15) is 18.2 Å². The van der Waals surface area contributed by atoms with Crippen LogP contribution < -0.4 is 10.1 Å². The minimum absolute atomic E-state index is 0.0432. The number of imide groups is 1. The lowest BCUT2D eigenvalue weighted by atomic mass is 10.2. The van der Waals surface area contributed by atoms with E-state index < -0.39 is 0 Å². The number of hydrogen-bond acceptors (Lipinski definition) is 4. The van der Waals surface area contributed by atoms with E-state index in [4.69, 9.17) is 4.74 Å². The molecule has 0 saturated carbocycles. The average Bonchev–Trinajstić information content (AvgIpc) is 2.96. The zero-order valence-electron chi connectivity index (χ0n) is 14.6. The van der Waals surface area contributed by atoms with E-state index >= 15 is 0 Å². The molecule has 1 aliphatic rings. The largest absolute Gasteiger partial charge is 0.489 e. The molecular formula is C20H19FN2O4. The third kappa shape index (κ3) is 5.13. The van der Waals surface area contributed by atoms with Crippen LogP contribution in [0.4, 0.5) is 10.1 Å². The van der Waals surface area contributed by atoms with Gasteiger partial charge in [0.15, 0.2) is 0 Å². The van der Waals surface area contributed by atoms with E-state index in [1.54, 1.807) is 30.3 Å². The predicted molar refractivity (Wildman–Crippen MR) is 96.4 cm³/mol. The Hall–Kier alpha value is -3.22. The van der Waals surface area contributed by atoms with Gasteiger partial charge in [-0.1, -0.05) is 18.2 Å². The van der Waals surface area contributed by atoms with Gasteiger partial charge in [-0.2, -0.15) is 0 Å². The number of amides is 3. The lowest BCUT2D eigenvalue weighted by molar-refractivity contribution is -0.138. The fourth-order valence-corrected chi connectivity index (χ4v) is 2.77. The van der Waals surface area contributed by atoms with Crippen LogP contribution in [-0.2, 0) is 21.0 Å². The van der Waals surface area contributed by atoms with Crippen LogP contribution >= 0.6 is 0 Å². The highest BCUT2D eigenvalue weighted by Gasteiger charge is 2.28. The quantitative estimate of drug-likeness (QED) is 0.761. The highest BCUT2D eigenvalue weighted by Crippen LogP contribution is 2.17. The number of hydrogen-bond donors (Lipinski definition) is 1. The molecule has 0 spiro atoms. The Kier molecular flexibility index (Phi) is 5.80. The average molecular weight is 370 g/mol. The van der Waals surface area contributed by atoms with Crippen molar-refractivity contribution in [2.45, 2.75) is 25.9 Å². The van der Waals surface area contributed by atoms with Crippen LogP contribution in [0.2, 0.25) is 0 Å². The van der Waals surface area contributed by atoms with E-state index in [-0.39, 0.29) is 56.0 Å². The van der Waals surface area contributed by atoms with Gasteiger partial charge >= 0.3 is 0 Å². The minimum Gasteiger partial charge on any atom is -0.489 e. The van der Waals surface area contributed by atoms with Crippen LogP contribution in [0.25, 0.3) is 0 Å². The number of ether oxygens (including phenoxy) is 1. The fourth-order valence-electron chi connectivity index (χ4n) is 2.77. The molecule has 27 heavy (non-hydrogen) atoms. The number of carbonyl (C=O) groups excluding carboxylic acids is 3. The molecular weight excluding hydrogens is 351 g/mol. The second-order valence-electron chi connectivity index (χ2n) is 6.18. The second-order valence-corrected chi connectivity index (χ2v) is 6.18. The normalized spacial score (nSPS) is 13.7. The number of rotatable bonds is 7.